The van der Waals surface area contributed by atoms with Crippen molar-refractivity contribution in [2.24, 2.45) is 11.5 Å². The van der Waals surface area contributed by atoms with Crippen LogP contribution < -0.4 is 11.5 Å². The fourth-order valence-electron chi connectivity index (χ4n) is 0.603. The van der Waals surface area contributed by atoms with E-state index in [1.54, 1.807) is 6.92 Å². The van der Waals surface area contributed by atoms with Gasteiger partial charge in [-0.2, -0.15) is 0 Å². The van der Waals surface area contributed by atoms with Crippen molar-refractivity contribution in [3.05, 3.63) is 0 Å². The molecular weight excluding hydrogens is 179 g/mol. The molecule has 0 aliphatic carbocycles. The van der Waals surface area contributed by atoms with Crippen molar-refractivity contribution < 1.29 is 13.6 Å². The number of hydrogen-bond acceptors (Lipinski definition) is 5. The molecule has 0 aromatic rings. The van der Waals surface area contributed by atoms with Gasteiger partial charge in [-0.1, -0.05) is 6.92 Å². The van der Waals surface area contributed by atoms with Crippen molar-refractivity contribution >= 4 is 7.60 Å². The third-order valence-electron chi connectivity index (χ3n) is 1.20. The SMILES string of the molecule is CCP(=O)(OCCN)OCCN. The van der Waals surface area contributed by atoms with Crippen LogP contribution in [0.4, 0.5) is 0 Å². The van der Waals surface area contributed by atoms with Gasteiger partial charge in [-0.3, -0.25) is 4.57 Å². The van der Waals surface area contributed by atoms with Crippen LogP contribution in [0.25, 0.3) is 0 Å². The van der Waals surface area contributed by atoms with Gasteiger partial charge in [0.1, 0.15) is 0 Å². The summed E-state index contributed by atoms with van der Waals surface area (Å²) in [7, 11) is -2.89. The average molecular weight is 196 g/mol. The minimum absolute atomic E-state index is 0.260. The van der Waals surface area contributed by atoms with E-state index in [-0.39, 0.29) is 13.2 Å². The molecule has 0 radical (unpaired) electrons. The molecule has 0 aliphatic rings. The quantitative estimate of drug-likeness (QED) is 0.566. The van der Waals surface area contributed by atoms with Crippen molar-refractivity contribution in [2.75, 3.05) is 32.5 Å². The first-order chi connectivity index (χ1) is 5.68. The highest BCUT2D eigenvalue weighted by Gasteiger charge is 2.20. The Labute approximate surface area is 72.9 Å². The predicted octanol–water partition coefficient (Wildman–Crippen LogP) is 0.150. The minimum Gasteiger partial charge on any atom is -0.328 e. The van der Waals surface area contributed by atoms with E-state index in [1.807, 2.05) is 0 Å². The van der Waals surface area contributed by atoms with Gasteiger partial charge in [-0.05, 0) is 0 Å². The van der Waals surface area contributed by atoms with Crippen LogP contribution in [-0.2, 0) is 13.6 Å². The fourth-order valence-corrected chi connectivity index (χ4v) is 1.81. The van der Waals surface area contributed by atoms with Gasteiger partial charge in [0, 0.05) is 19.3 Å². The Bertz CT molecular complexity index is 142. The van der Waals surface area contributed by atoms with Gasteiger partial charge in [0.15, 0.2) is 0 Å². The highest BCUT2D eigenvalue weighted by Crippen LogP contribution is 2.47. The van der Waals surface area contributed by atoms with E-state index in [9.17, 15) is 4.57 Å². The third-order valence-corrected chi connectivity index (χ3v) is 3.13. The van der Waals surface area contributed by atoms with E-state index in [2.05, 4.69) is 0 Å². The average Bonchev–Trinajstić information content (AvgIpc) is 2.11. The normalized spacial score (nSPS) is 11.9. The largest absolute Gasteiger partial charge is 0.330 e. The minimum atomic E-state index is -2.89. The fraction of sp³-hybridized carbons (Fsp3) is 1.00. The zero-order chi connectivity index (χ0) is 9.45. The van der Waals surface area contributed by atoms with Crippen LogP contribution in [0.5, 0.6) is 0 Å². The Morgan fingerprint density at radius 1 is 1.17 bits per heavy atom. The lowest BCUT2D eigenvalue weighted by Gasteiger charge is -2.15. The summed E-state index contributed by atoms with van der Waals surface area (Å²) in [5, 5.41) is 0. The summed E-state index contributed by atoms with van der Waals surface area (Å²) < 4.78 is 21.5. The molecule has 0 amide bonds. The van der Waals surface area contributed by atoms with Crippen LogP contribution >= 0.6 is 7.60 Å². The van der Waals surface area contributed by atoms with Gasteiger partial charge >= 0.3 is 7.60 Å². The molecular formula is C6H17N2O3P. The molecule has 0 aromatic heterocycles. The molecule has 0 unspecified atom stereocenters. The van der Waals surface area contributed by atoms with Gasteiger partial charge in [-0.15, -0.1) is 0 Å². The van der Waals surface area contributed by atoms with Gasteiger partial charge in [0.2, 0.25) is 0 Å². The summed E-state index contributed by atoms with van der Waals surface area (Å²) in [6, 6.07) is 0. The maximum atomic E-state index is 11.5. The summed E-state index contributed by atoms with van der Waals surface area (Å²) >= 11 is 0. The molecule has 0 rings (SSSR count). The monoisotopic (exact) mass is 196 g/mol. The summed E-state index contributed by atoms with van der Waals surface area (Å²) in [6.45, 7) is 2.95. The molecule has 4 N–H and O–H groups in total. The van der Waals surface area contributed by atoms with Crippen molar-refractivity contribution in [3.8, 4) is 0 Å². The lowest BCUT2D eigenvalue weighted by Crippen LogP contribution is -2.12. The summed E-state index contributed by atoms with van der Waals surface area (Å²) in [5.41, 5.74) is 10.4. The highest BCUT2D eigenvalue weighted by atomic mass is 31.2. The summed E-state index contributed by atoms with van der Waals surface area (Å²) in [4.78, 5) is 0. The van der Waals surface area contributed by atoms with Crippen molar-refractivity contribution in [1.82, 2.24) is 0 Å². The molecule has 74 valence electrons. The van der Waals surface area contributed by atoms with Gasteiger partial charge < -0.3 is 20.5 Å². The lowest BCUT2D eigenvalue weighted by molar-refractivity contribution is 0.213. The standard InChI is InChI=1S/C6H17N2O3P/c1-2-12(9,10-5-3-7)11-6-4-8/h2-8H2,1H3. The van der Waals surface area contributed by atoms with Crippen LogP contribution in [0.15, 0.2) is 0 Å². The van der Waals surface area contributed by atoms with E-state index in [1.165, 1.54) is 0 Å². The molecule has 0 heterocycles. The van der Waals surface area contributed by atoms with Crippen molar-refractivity contribution in [3.63, 3.8) is 0 Å². The number of rotatable bonds is 7. The zero-order valence-electron chi connectivity index (χ0n) is 7.36. The molecule has 6 heteroatoms. The van der Waals surface area contributed by atoms with Crippen LogP contribution in [0.3, 0.4) is 0 Å². The van der Waals surface area contributed by atoms with Gasteiger partial charge in [-0.25, -0.2) is 0 Å². The number of nitrogens with two attached hydrogens (primary N) is 2. The molecule has 0 atom stereocenters. The molecule has 0 saturated carbocycles. The Morgan fingerprint density at radius 3 is 1.83 bits per heavy atom. The van der Waals surface area contributed by atoms with Crippen LogP contribution in [0, 0.1) is 0 Å². The second-order valence-electron chi connectivity index (χ2n) is 2.17. The Balaban J connectivity index is 3.79. The van der Waals surface area contributed by atoms with Gasteiger partial charge in [0.25, 0.3) is 0 Å². The molecule has 0 spiro atoms. The highest BCUT2D eigenvalue weighted by molar-refractivity contribution is 7.53. The molecule has 12 heavy (non-hydrogen) atoms. The predicted molar refractivity (Wildman–Crippen MR) is 48.2 cm³/mol. The molecule has 0 saturated heterocycles. The third kappa shape index (κ3) is 4.85. The Morgan fingerprint density at radius 2 is 1.58 bits per heavy atom. The lowest BCUT2D eigenvalue weighted by atomic mass is 10.8. The zero-order valence-corrected chi connectivity index (χ0v) is 8.26. The first-order valence-corrected chi connectivity index (χ1v) is 5.69. The van der Waals surface area contributed by atoms with E-state index < -0.39 is 7.60 Å². The van der Waals surface area contributed by atoms with E-state index in [0.29, 0.717) is 19.3 Å². The second-order valence-corrected chi connectivity index (χ2v) is 4.54. The smallest absolute Gasteiger partial charge is 0.328 e. The summed E-state index contributed by atoms with van der Waals surface area (Å²) in [5.74, 6) is 0. The molecule has 0 aliphatic heterocycles. The first-order valence-electron chi connectivity index (χ1n) is 3.96. The topological polar surface area (TPSA) is 87.6 Å². The van der Waals surface area contributed by atoms with Gasteiger partial charge in [0.05, 0.1) is 13.2 Å². The maximum absolute atomic E-state index is 11.5. The molecule has 0 bridgehead atoms. The Kier molecular flexibility index (Phi) is 6.61. The summed E-state index contributed by atoms with van der Waals surface area (Å²) in [6.07, 6.45) is 0.354. The second kappa shape index (κ2) is 6.57. The van der Waals surface area contributed by atoms with E-state index >= 15 is 0 Å². The number of hydrogen-bond donors (Lipinski definition) is 2. The van der Waals surface area contributed by atoms with Crippen molar-refractivity contribution in [2.45, 2.75) is 6.92 Å². The van der Waals surface area contributed by atoms with Crippen LogP contribution in [-0.4, -0.2) is 32.5 Å². The van der Waals surface area contributed by atoms with E-state index in [4.69, 9.17) is 20.5 Å². The first kappa shape index (κ1) is 12.1. The van der Waals surface area contributed by atoms with Crippen LogP contribution in [0.2, 0.25) is 0 Å². The Hall–Kier alpha value is 0.0700. The van der Waals surface area contributed by atoms with Crippen LogP contribution in [0.1, 0.15) is 6.92 Å². The maximum Gasteiger partial charge on any atom is 0.330 e. The molecule has 0 aromatic carbocycles. The van der Waals surface area contributed by atoms with Crippen molar-refractivity contribution in [1.29, 1.82) is 0 Å². The molecule has 5 nitrogen and oxygen atoms in total. The van der Waals surface area contributed by atoms with E-state index in [0.717, 1.165) is 0 Å². The molecule has 0 fully saturated rings.